The predicted octanol–water partition coefficient (Wildman–Crippen LogP) is 4.74. The molecule has 0 bridgehead atoms. The SMILES string of the molecule is C[C@@H](NC(=O)c1ncnc(Nc2ccncc2)c1Cl)c1cc(-c2nc3nc(C4(C)CC4)ccc3[nH]2)no1. The number of hydrogen-bond acceptors (Lipinski definition) is 9. The molecule has 1 amide bonds. The van der Waals surface area contributed by atoms with Gasteiger partial charge in [-0.05, 0) is 44.0 Å². The second kappa shape index (κ2) is 8.93. The number of nitrogens with one attached hydrogen (secondary N) is 3. The number of pyridine rings is 2. The van der Waals surface area contributed by atoms with Crippen LogP contribution in [0, 0.1) is 0 Å². The fourth-order valence-electron chi connectivity index (χ4n) is 3.92. The molecule has 0 aromatic carbocycles. The molecule has 1 aliphatic carbocycles. The van der Waals surface area contributed by atoms with Crippen LogP contribution in [0.1, 0.15) is 54.7 Å². The number of amides is 1. The molecule has 1 fully saturated rings. The Labute approximate surface area is 216 Å². The van der Waals surface area contributed by atoms with Gasteiger partial charge in [-0.3, -0.25) is 9.78 Å². The number of carbonyl (C=O) groups excluding carboxylic acids is 1. The minimum atomic E-state index is -0.514. The van der Waals surface area contributed by atoms with Crippen LogP contribution in [0.5, 0.6) is 0 Å². The number of anilines is 2. The van der Waals surface area contributed by atoms with E-state index in [1.807, 2.05) is 12.1 Å². The summed E-state index contributed by atoms with van der Waals surface area (Å²) >= 11 is 6.43. The molecule has 11 nitrogen and oxygen atoms in total. The van der Waals surface area contributed by atoms with Crippen LogP contribution in [-0.4, -0.2) is 41.0 Å². The van der Waals surface area contributed by atoms with Crippen LogP contribution in [-0.2, 0) is 5.41 Å². The van der Waals surface area contributed by atoms with Gasteiger partial charge in [0, 0.05) is 35.3 Å². The summed E-state index contributed by atoms with van der Waals surface area (Å²) in [6.45, 7) is 3.98. The fraction of sp³-hybridized carbons (Fsp3) is 0.240. The molecule has 37 heavy (non-hydrogen) atoms. The first-order chi connectivity index (χ1) is 17.9. The smallest absolute Gasteiger partial charge is 0.272 e. The quantitative estimate of drug-likeness (QED) is 0.279. The molecule has 1 aliphatic rings. The van der Waals surface area contributed by atoms with Gasteiger partial charge in [-0.25, -0.2) is 19.9 Å². The van der Waals surface area contributed by atoms with Crippen LogP contribution in [0.15, 0.2) is 53.6 Å². The minimum Gasteiger partial charge on any atom is -0.358 e. The van der Waals surface area contributed by atoms with Gasteiger partial charge in [0.25, 0.3) is 5.91 Å². The second-order valence-electron chi connectivity index (χ2n) is 9.27. The van der Waals surface area contributed by atoms with Crippen molar-refractivity contribution in [3.8, 4) is 11.5 Å². The number of carbonyl (C=O) groups is 1. The fourth-order valence-corrected chi connectivity index (χ4v) is 4.15. The molecule has 0 saturated heterocycles. The van der Waals surface area contributed by atoms with Gasteiger partial charge >= 0.3 is 0 Å². The Kier molecular flexibility index (Phi) is 5.56. The minimum absolute atomic E-state index is 0.0309. The average molecular weight is 516 g/mol. The van der Waals surface area contributed by atoms with E-state index >= 15 is 0 Å². The molecule has 186 valence electrons. The number of halogens is 1. The Morgan fingerprint density at radius 3 is 2.76 bits per heavy atom. The summed E-state index contributed by atoms with van der Waals surface area (Å²) in [5.41, 5.74) is 3.94. The first-order valence-electron chi connectivity index (χ1n) is 11.7. The zero-order chi connectivity index (χ0) is 25.6. The van der Waals surface area contributed by atoms with E-state index in [4.69, 9.17) is 21.1 Å². The van der Waals surface area contributed by atoms with E-state index in [-0.39, 0.29) is 16.1 Å². The summed E-state index contributed by atoms with van der Waals surface area (Å²) in [6, 6.07) is 8.76. The van der Waals surface area contributed by atoms with Crippen LogP contribution in [0.25, 0.3) is 22.7 Å². The van der Waals surface area contributed by atoms with Crippen LogP contribution < -0.4 is 10.6 Å². The van der Waals surface area contributed by atoms with Gasteiger partial charge in [-0.1, -0.05) is 23.7 Å². The summed E-state index contributed by atoms with van der Waals surface area (Å²) < 4.78 is 5.51. The monoisotopic (exact) mass is 515 g/mol. The molecule has 0 radical (unpaired) electrons. The Hall–Kier alpha value is -4.38. The summed E-state index contributed by atoms with van der Waals surface area (Å²) in [5, 5.41) is 10.1. The normalized spacial score (nSPS) is 14.9. The molecule has 5 aromatic rings. The van der Waals surface area contributed by atoms with Gasteiger partial charge < -0.3 is 20.1 Å². The standard InChI is InChI=1S/C25H22ClN9O2/c1-13(30-24(36)20-19(26)23(29-12-28-20)31-14-5-9-27-10-6-14)17-11-16(35-37-17)22-32-15-3-4-18(25(2)7-8-25)33-21(15)34-22/h3-6,9-13H,7-8H2,1-2H3,(H,30,36)(H,32,33,34)(H,27,28,29,31)/t13-/m1/s1. The summed E-state index contributed by atoms with van der Waals surface area (Å²) in [6.07, 6.45) is 6.81. The third-order valence-electron chi connectivity index (χ3n) is 6.46. The number of nitrogens with zero attached hydrogens (tertiary/aromatic N) is 6. The maximum Gasteiger partial charge on any atom is 0.272 e. The van der Waals surface area contributed by atoms with Crippen molar-refractivity contribution in [2.45, 2.75) is 38.1 Å². The van der Waals surface area contributed by atoms with Crippen LogP contribution in [0.3, 0.4) is 0 Å². The van der Waals surface area contributed by atoms with Crippen molar-refractivity contribution in [2.24, 2.45) is 0 Å². The third kappa shape index (κ3) is 4.49. The molecule has 5 heterocycles. The number of fused-ring (bicyclic) bond motifs is 1. The van der Waals surface area contributed by atoms with Crippen molar-refractivity contribution < 1.29 is 9.32 Å². The molecular formula is C25H22ClN9O2. The molecule has 5 aromatic heterocycles. The highest BCUT2D eigenvalue weighted by molar-refractivity contribution is 6.35. The van der Waals surface area contributed by atoms with E-state index in [1.54, 1.807) is 37.5 Å². The van der Waals surface area contributed by atoms with Crippen molar-refractivity contribution in [1.29, 1.82) is 0 Å². The van der Waals surface area contributed by atoms with Gasteiger partial charge in [0.1, 0.15) is 17.0 Å². The first-order valence-corrected chi connectivity index (χ1v) is 12.1. The lowest BCUT2D eigenvalue weighted by Gasteiger charge is -2.12. The van der Waals surface area contributed by atoms with Gasteiger partial charge in [-0.2, -0.15) is 0 Å². The zero-order valence-electron chi connectivity index (χ0n) is 20.0. The van der Waals surface area contributed by atoms with Crippen LogP contribution in [0.2, 0.25) is 5.02 Å². The van der Waals surface area contributed by atoms with E-state index in [9.17, 15) is 4.79 Å². The van der Waals surface area contributed by atoms with E-state index in [0.29, 0.717) is 28.7 Å². The molecule has 1 saturated carbocycles. The number of aromatic amines is 1. The summed E-state index contributed by atoms with van der Waals surface area (Å²) in [5.74, 6) is 0.813. The Balaban J connectivity index is 1.17. The number of imidazole rings is 1. The lowest BCUT2D eigenvalue weighted by molar-refractivity contribution is 0.0928. The molecule has 12 heteroatoms. The topological polar surface area (TPSA) is 147 Å². The van der Waals surface area contributed by atoms with Gasteiger partial charge in [-0.15, -0.1) is 0 Å². The van der Waals surface area contributed by atoms with Crippen LogP contribution >= 0.6 is 11.6 Å². The molecule has 6 rings (SSSR count). The van der Waals surface area contributed by atoms with E-state index in [0.717, 1.165) is 29.7 Å². The second-order valence-corrected chi connectivity index (χ2v) is 9.65. The molecule has 0 spiro atoms. The maximum absolute atomic E-state index is 13.0. The highest BCUT2D eigenvalue weighted by Crippen LogP contribution is 2.46. The van der Waals surface area contributed by atoms with Crippen molar-refractivity contribution in [3.63, 3.8) is 0 Å². The third-order valence-corrected chi connectivity index (χ3v) is 6.82. The van der Waals surface area contributed by atoms with Crippen molar-refractivity contribution >= 4 is 40.2 Å². The highest BCUT2D eigenvalue weighted by atomic mass is 35.5. The number of aromatic nitrogens is 7. The molecule has 3 N–H and O–H groups in total. The highest BCUT2D eigenvalue weighted by Gasteiger charge is 2.40. The largest absolute Gasteiger partial charge is 0.358 e. The van der Waals surface area contributed by atoms with E-state index in [1.165, 1.54) is 6.33 Å². The van der Waals surface area contributed by atoms with Crippen molar-refractivity contribution in [2.75, 3.05) is 5.32 Å². The zero-order valence-corrected chi connectivity index (χ0v) is 20.7. The molecule has 0 unspecified atom stereocenters. The molecule has 0 aliphatic heterocycles. The van der Waals surface area contributed by atoms with Gasteiger partial charge in [0.15, 0.2) is 28.7 Å². The molecule has 1 atom stereocenters. The summed E-state index contributed by atoms with van der Waals surface area (Å²) in [4.78, 5) is 37.7. The van der Waals surface area contributed by atoms with Crippen molar-refractivity contribution in [1.82, 2.24) is 40.4 Å². The number of hydrogen-bond donors (Lipinski definition) is 3. The Bertz CT molecular complexity index is 1610. The van der Waals surface area contributed by atoms with Crippen molar-refractivity contribution in [3.05, 3.63) is 71.2 Å². The Morgan fingerprint density at radius 2 is 1.97 bits per heavy atom. The predicted molar refractivity (Wildman–Crippen MR) is 136 cm³/mol. The number of rotatable bonds is 7. The lowest BCUT2D eigenvalue weighted by atomic mass is 10.1. The number of H-pyrrole nitrogens is 1. The lowest BCUT2D eigenvalue weighted by Crippen LogP contribution is -2.27. The summed E-state index contributed by atoms with van der Waals surface area (Å²) in [7, 11) is 0. The van der Waals surface area contributed by atoms with Gasteiger partial charge in [0.05, 0.1) is 11.6 Å². The van der Waals surface area contributed by atoms with E-state index in [2.05, 4.69) is 47.6 Å². The first kappa shape index (κ1) is 23.0. The van der Waals surface area contributed by atoms with Gasteiger partial charge in [0.2, 0.25) is 0 Å². The average Bonchev–Trinajstić information content (AvgIpc) is 3.30. The van der Waals surface area contributed by atoms with Crippen LogP contribution in [0.4, 0.5) is 11.5 Å². The maximum atomic E-state index is 13.0. The molecular weight excluding hydrogens is 494 g/mol. The Morgan fingerprint density at radius 1 is 1.16 bits per heavy atom. The van der Waals surface area contributed by atoms with E-state index < -0.39 is 11.9 Å².